The fraction of sp³-hybridized carbons (Fsp3) is 0. The van der Waals surface area contributed by atoms with Gasteiger partial charge in [0.1, 0.15) is 0 Å². The quantitative estimate of drug-likeness (QED) is 0.172. The van der Waals surface area contributed by atoms with Gasteiger partial charge in [-0.05, 0) is 63.4 Å². The normalized spacial score (nSPS) is 11.5. The van der Waals surface area contributed by atoms with E-state index in [0.29, 0.717) is 0 Å². The highest BCUT2D eigenvalue weighted by atomic mass is 14.8. The first-order chi connectivity index (χ1) is 25.8. The van der Waals surface area contributed by atoms with Crippen molar-refractivity contribution in [2.24, 2.45) is 0 Å². The minimum Gasteiger partial charge on any atom is -0.248 e. The Balaban J connectivity index is 1.12. The first kappa shape index (κ1) is 29.9. The smallest absolute Gasteiger partial charge is 0.0972 e. The number of hydrogen-bond donors (Lipinski definition) is 0. The van der Waals surface area contributed by atoms with Gasteiger partial charge in [0, 0.05) is 32.8 Å². The lowest BCUT2D eigenvalue weighted by molar-refractivity contribution is 1.36. The van der Waals surface area contributed by atoms with Gasteiger partial charge in [-0.1, -0.05) is 158 Å². The van der Waals surface area contributed by atoms with Gasteiger partial charge in [-0.2, -0.15) is 0 Å². The molecule has 0 aliphatic carbocycles. The van der Waals surface area contributed by atoms with Gasteiger partial charge in [-0.15, -0.1) is 0 Å². The van der Waals surface area contributed by atoms with E-state index in [1.165, 1.54) is 27.5 Å². The Morgan fingerprint density at radius 3 is 1.50 bits per heavy atom. The summed E-state index contributed by atoms with van der Waals surface area (Å²) < 4.78 is 0. The van der Waals surface area contributed by atoms with Crippen LogP contribution in [0, 0.1) is 0 Å². The van der Waals surface area contributed by atoms with Gasteiger partial charge in [0.25, 0.3) is 0 Å². The van der Waals surface area contributed by atoms with E-state index in [-0.39, 0.29) is 0 Å². The summed E-state index contributed by atoms with van der Waals surface area (Å²) >= 11 is 0. The molecule has 0 N–H and O–H groups in total. The Labute approximate surface area is 301 Å². The van der Waals surface area contributed by atoms with Crippen LogP contribution in [0.1, 0.15) is 0 Å². The molecule has 242 valence electrons. The molecule has 3 aromatic heterocycles. The van der Waals surface area contributed by atoms with Crippen molar-refractivity contribution in [3.63, 3.8) is 0 Å². The van der Waals surface area contributed by atoms with Gasteiger partial charge in [-0.3, -0.25) is 0 Å². The molecule has 0 saturated heterocycles. The standard InChI is InChI=1S/C49H31N3/c1-4-12-32(13-5-1)42-31-46(34-16-8-3-9-17-34)50-45-29-26-40-39(20-11-21-41(40)47(42)45)37-18-10-19-38(30-37)44-28-25-36-23-22-35-24-27-43(33-14-6-2-7-15-33)51-48(35)49(36)52-44/h1-31H. The highest BCUT2D eigenvalue weighted by molar-refractivity contribution is 6.17. The van der Waals surface area contributed by atoms with E-state index in [1.807, 2.05) is 24.3 Å². The minimum absolute atomic E-state index is 0.908. The molecule has 3 heterocycles. The van der Waals surface area contributed by atoms with E-state index in [4.69, 9.17) is 15.0 Å². The molecule has 10 rings (SSSR count). The van der Waals surface area contributed by atoms with Crippen LogP contribution in [0.3, 0.4) is 0 Å². The van der Waals surface area contributed by atoms with Crippen molar-refractivity contribution < 1.29 is 0 Å². The Hall–Kier alpha value is -6.97. The second-order valence-electron chi connectivity index (χ2n) is 13.2. The summed E-state index contributed by atoms with van der Waals surface area (Å²) in [4.78, 5) is 15.6. The molecule has 0 saturated carbocycles. The van der Waals surface area contributed by atoms with Gasteiger partial charge in [-0.25, -0.2) is 15.0 Å². The number of pyridine rings is 3. The second-order valence-corrected chi connectivity index (χ2v) is 13.2. The summed E-state index contributed by atoms with van der Waals surface area (Å²) in [5, 5.41) is 5.68. The molecule has 0 bridgehead atoms. The Bertz CT molecular complexity index is 2940. The molecule has 7 aromatic carbocycles. The summed E-state index contributed by atoms with van der Waals surface area (Å²) in [6.07, 6.45) is 0. The third kappa shape index (κ3) is 5.19. The summed E-state index contributed by atoms with van der Waals surface area (Å²) in [6, 6.07) is 66.2. The van der Waals surface area contributed by atoms with Crippen molar-refractivity contribution in [2.75, 3.05) is 0 Å². The van der Waals surface area contributed by atoms with Crippen molar-refractivity contribution in [3.8, 4) is 56.0 Å². The third-order valence-corrected chi connectivity index (χ3v) is 10.0. The summed E-state index contributed by atoms with van der Waals surface area (Å²) in [7, 11) is 0. The van der Waals surface area contributed by atoms with E-state index >= 15 is 0 Å². The van der Waals surface area contributed by atoms with Crippen molar-refractivity contribution in [1.82, 2.24) is 15.0 Å². The van der Waals surface area contributed by atoms with Gasteiger partial charge >= 0.3 is 0 Å². The molecule has 3 nitrogen and oxygen atoms in total. The first-order valence-corrected chi connectivity index (χ1v) is 17.6. The topological polar surface area (TPSA) is 38.7 Å². The van der Waals surface area contributed by atoms with Crippen LogP contribution in [-0.2, 0) is 0 Å². The van der Waals surface area contributed by atoms with Crippen molar-refractivity contribution in [2.45, 2.75) is 0 Å². The number of benzene rings is 7. The number of fused-ring (bicyclic) bond motifs is 6. The number of aromatic nitrogens is 3. The van der Waals surface area contributed by atoms with Gasteiger partial charge < -0.3 is 0 Å². The van der Waals surface area contributed by atoms with Gasteiger partial charge in [0.2, 0.25) is 0 Å². The molecule has 0 atom stereocenters. The Morgan fingerprint density at radius 1 is 0.288 bits per heavy atom. The van der Waals surface area contributed by atoms with Crippen LogP contribution in [-0.4, -0.2) is 15.0 Å². The molecule has 0 aliphatic rings. The van der Waals surface area contributed by atoms with Gasteiger partial charge in [0.05, 0.1) is 33.6 Å². The zero-order valence-corrected chi connectivity index (χ0v) is 28.2. The van der Waals surface area contributed by atoms with E-state index in [2.05, 4.69) is 164 Å². The number of nitrogens with zero attached hydrogens (tertiary/aromatic N) is 3. The van der Waals surface area contributed by atoms with Crippen LogP contribution in [0.4, 0.5) is 0 Å². The lowest BCUT2D eigenvalue weighted by Gasteiger charge is -2.15. The zero-order valence-electron chi connectivity index (χ0n) is 28.2. The van der Waals surface area contributed by atoms with Crippen molar-refractivity contribution in [3.05, 3.63) is 188 Å². The van der Waals surface area contributed by atoms with E-state index in [0.717, 1.165) is 72.0 Å². The van der Waals surface area contributed by atoms with Crippen LogP contribution in [0.5, 0.6) is 0 Å². The molecule has 0 amide bonds. The molecule has 3 heteroatoms. The Kier molecular flexibility index (Phi) is 7.14. The second kappa shape index (κ2) is 12.4. The molecule has 0 radical (unpaired) electrons. The molecule has 52 heavy (non-hydrogen) atoms. The Morgan fingerprint density at radius 2 is 0.827 bits per heavy atom. The molecule has 0 spiro atoms. The number of hydrogen-bond acceptors (Lipinski definition) is 3. The molecule has 0 unspecified atom stereocenters. The number of rotatable bonds is 5. The lowest BCUT2D eigenvalue weighted by atomic mass is 9.91. The highest BCUT2D eigenvalue weighted by Crippen LogP contribution is 2.40. The van der Waals surface area contributed by atoms with E-state index in [9.17, 15) is 0 Å². The fourth-order valence-corrected chi connectivity index (χ4v) is 7.49. The predicted molar refractivity (Wildman–Crippen MR) is 217 cm³/mol. The maximum atomic E-state index is 5.25. The first-order valence-electron chi connectivity index (χ1n) is 17.6. The summed E-state index contributed by atoms with van der Waals surface area (Å²) in [5.74, 6) is 0. The fourth-order valence-electron chi connectivity index (χ4n) is 7.49. The monoisotopic (exact) mass is 661 g/mol. The van der Waals surface area contributed by atoms with E-state index in [1.54, 1.807) is 0 Å². The SMILES string of the molecule is c1ccc(-c2cc(-c3ccccc3)c3c(ccc4c(-c5cccc(-c6ccc7ccc8ccc(-c9ccccc9)nc8c7n6)c5)cccc43)n2)cc1. The zero-order chi connectivity index (χ0) is 34.4. The van der Waals surface area contributed by atoms with Gasteiger partial charge in [0.15, 0.2) is 0 Å². The maximum absolute atomic E-state index is 5.25. The van der Waals surface area contributed by atoms with Crippen molar-refractivity contribution in [1.29, 1.82) is 0 Å². The average molecular weight is 662 g/mol. The summed E-state index contributed by atoms with van der Waals surface area (Å²) in [6.45, 7) is 0. The molecular formula is C49H31N3. The van der Waals surface area contributed by atoms with Crippen LogP contribution < -0.4 is 0 Å². The maximum Gasteiger partial charge on any atom is 0.0972 e. The van der Waals surface area contributed by atoms with Crippen LogP contribution >= 0.6 is 0 Å². The summed E-state index contributed by atoms with van der Waals surface area (Å²) in [5.41, 5.74) is 13.6. The average Bonchev–Trinajstić information content (AvgIpc) is 3.23. The third-order valence-electron chi connectivity index (χ3n) is 10.0. The van der Waals surface area contributed by atoms with Crippen LogP contribution in [0.15, 0.2) is 188 Å². The van der Waals surface area contributed by atoms with Crippen molar-refractivity contribution >= 4 is 43.5 Å². The lowest BCUT2D eigenvalue weighted by Crippen LogP contribution is -1.92. The molecular weight excluding hydrogens is 631 g/mol. The van der Waals surface area contributed by atoms with Crippen LogP contribution in [0.25, 0.3) is 99.5 Å². The van der Waals surface area contributed by atoms with E-state index < -0.39 is 0 Å². The highest BCUT2D eigenvalue weighted by Gasteiger charge is 2.16. The molecule has 0 aliphatic heterocycles. The van der Waals surface area contributed by atoms with Crippen LogP contribution in [0.2, 0.25) is 0 Å². The molecule has 10 aromatic rings. The predicted octanol–water partition coefficient (Wildman–Crippen LogP) is 12.8. The largest absolute Gasteiger partial charge is 0.248 e. The molecule has 0 fully saturated rings. The minimum atomic E-state index is 0.908.